The van der Waals surface area contributed by atoms with E-state index in [1.165, 1.54) is 63.4 Å². The fourth-order valence-corrected chi connectivity index (χ4v) is 6.08. The molecule has 5 heteroatoms. The highest BCUT2D eigenvalue weighted by molar-refractivity contribution is 5.80. The van der Waals surface area contributed by atoms with Crippen LogP contribution in [-0.2, 0) is 0 Å². The summed E-state index contributed by atoms with van der Waals surface area (Å²) in [6, 6.07) is 13.2. The van der Waals surface area contributed by atoms with E-state index in [-0.39, 0.29) is 5.54 Å². The molecule has 5 nitrogen and oxygen atoms in total. The smallest absolute Gasteiger partial charge is 0.191 e. The van der Waals surface area contributed by atoms with Crippen LogP contribution in [0.25, 0.3) is 0 Å². The predicted molar refractivity (Wildman–Crippen MR) is 126 cm³/mol. The number of piperidine rings is 2. The van der Waals surface area contributed by atoms with E-state index in [0.29, 0.717) is 12.1 Å². The van der Waals surface area contributed by atoms with Gasteiger partial charge in [-0.1, -0.05) is 49.6 Å². The Balaban J connectivity index is 1.34. The number of aliphatic imine (C=N–C) groups is 1. The van der Waals surface area contributed by atoms with E-state index in [2.05, 4.69) is 70.1 Å². The first-order valence-electron chi connectivity index (χ1n) is 12.1. The minimum absolute atomic E-state index is 0.149. The van der Waals surface area contributed by atoms with Gasteiger partial charge >= 0.3 is 0 Å². The lowest BCUT2D eigenvalue weighted by atomic mass is 9.82. The molecule has 2 bridgehead atoms. The molecule has 166 valence electrons. The Hall–Kier alpha value is -1.59. The van der Waals surface area contributed by atoms with Gasteiger partial charge in [0, 0.05) is 43.3 Å². The first kappa shape index (κ1) is 21.6. The topological polar surface area (TPSA) is 51.7 Å². The zero-order valence-electron chi connectivity index (χ0n) is 19.2. The average Bonchev–Trinajstić information content (AvgIpc) is 3.21. The summed E-state index contributed by atoms with van der Waals surface area (Å²) in [5, 5.41) is 11.4. The molecule has 1 aromatic carbocycles. The number of rotatable bonds is 6. The van der Waals surface area contributed by atoms with Crippen molar-refractivity contribution >= 4 is 5.96 Å². The molecular formula is C25H41N5. The van der Waals surface area contributed by atoms with E-state index in [0.717, 1.165) is 24.6 Å². The molecule has 2 aliphatic heterocycles. The highest BCUT2D eigenvalue weighted by Crippen LogP contribution is 2.33. The maximum atomic E-state index is 4.58. The summed E-state index contributed by atoms with van der Waals surface area (Å²) in [7, 11) is 4.23. The summed E-state index contributed by atoms with van der Waals surface area (Å²) < 4.78 is 0. The van der Waals surface area contributed by atoms with Gasteiger partial charge in [0.2, 0.25) is 0 Å². The molecule has 3 aliphatic rings. The fourth-order valence-electron chi connectivity index (χ4n) is 6.08. The molecule has 1 aliphatic carbocycles. The van der Waals surface area contributed by atoms with Crippen molar-refractivity contribution in [3.63, 3.8) is 0 Å². The van der Waals surface area contributed by atoms with Crippen LogP contribution in [0.1, 0.15) is 76.3 Å². The van der Waals surface area contributed by atoms with Gasteiger partial charge in [0.05, 0.1) is 0 Å². The molecular weight excluding hydrogens is 370 g/mol. The minimum atomic E-state index is 0.149. The number of guanidine groups is 1. The zero-order chi connectivity index (χ0) is 21.0. The van der Waals surface area contributed by atoms with Crippen LogP contribution in [-0.4, -0.2) is 55.2 Å². The molecule has 3 atom stereocenters. The van der Waals surface area contributed by atoms with Crippen LogP contribution in [0.2, 0.25) is 0 Å². The Bertz CT molecular complexity index is 683. The standard InChI is InChI=1S/C25H41N5/c1-19(20-10-5-4-6-11-20)29-25(14-7-8-15-25)18-27-24(26-2)28-21-16-22-12-9-13-23(17-21)30(22)3/h4-6,10-11,19,21-23,29H,7-9,12-18H2,1-3H3,(H2,26,27,28). The van der Waals surface area contributed by atoms with Crippen LogP contribution in [0.5, 0.6) is 0 Å². The Morgan fingerprint density at radius 3 is 2.40 bits per heavy atom. The van der Waals surface area contributed by atoms with Gasteiger partial charge < -0.3 is 20.9 Å². The van der Waals surface area contributed by atoms with Gasteiger partial charge in [-0.3, -0.25) is 4.99 Å². The largest absolute Gasteiger partial charge is 0.355 e. The summed E-state index contributed by atoms with van der Waals surface area (Å²) in [5.74, 6) is 0.975. The van der Waals surface area contributed by atoms with Crippen molar-refractivity contribution in [3.8, 4) is 0 Å². The first-order valence-corrected chi connectivity index (χ1v) is 12.1. The highest BCUT2D eigenvalue weighted by Gasteiger charge is 2.37. The van der Waals surface area contributed by atoms with Crippen molar-refractivity contribution in [1.29, 1.82) is 0 Å². The Morgan fingerprint density at radius 2 is 1.77 bits per heavy atom. The van der Waals surface area contributed by atoms with Gasteiger partial charge in [-0.2, -0.15) is 0 Å². The molecule has 0 spiro atoms. The maximum Gasteiger partial charge on any atom is 0.191 e. The lowest BCUT2D eigenvalue weighted by Crippen LogP contribution is -2.58. The number of hydrogen-bond donors (Lipinski definition) is 3. The number of nitrogens with one attached hydrogen (secondary N) is 3. The highest BCUT2D eigenvalue weighted by atomic mass is 15.2. The average molecular weight is 412 g/mol. The van der Waals surface area contributed by atoms with E-state index < -0.39 is 0 Å². The lowest BCUT2D eigenvalue weighted by Gasteiger charge is -2.47. The van der Waals surface area contributed by atoms with Crippen LogP contribution in [0.4, 0.5) is 0 Å². The number of nitrogens with zero attached hydrogens (tertiary/aromatic N) is 2. The SMILES string of the molecule is CN=C(NCC1(NC(C)c2ccccc2)CCCC1)NC1CC2CCCC(C1)N2C. The number of fused-ring (bicyclic) bond motifs is 2. The molecule has 3 unspecified atom stereocenters. The Kier molecular flexibility index (Phi) is 6.99. The second-order valence-electron chi connectivity index (χ2n) is 9.91. The van der Waals surface area contributed by atoms with Gasteiger partial charge in [-0.15, -0.1) is 0 Å². The zero-order valence-corrected chi connectivity index (χ0v) is 19.2. The molecule has 1 aromatic rings. The van der Waals surface area contributed by atoms with Crippen molar-refractivity contribution < 1.29 is 0 Å². The van der Waals surface area contributed by atoms with Crippen molar-refractivity contribution in [2.75, 3.05) is 20.6 Å². The second-order valence-corrected chi connectivity index (χ2v) is 9.91. The van der Waals surface area contributed by atoms with Crippen LogP contribution in [0.15, 0.2) is 35.3 Å². The maximum absolute atomic E-state index is 4.58. The van der Waals surface area contributed by atoms with E-state index >= 15 is 0 Å². The summed E-state index contributed by atoms with van der Waals surface area (Å²) in [5.41, 5.74) is 1.51. The van der Waals surface area contributed by atoms with Gasteiger partial charge in [0.15, 0.2) is 5.96 Å². The molecule has 2 saturated heterocycles. The minimum Gasteiger partial charge on any atom is -0.355 e. The Labute approximate surface area is 183 Å². The first-order chi connectivity index (χ1) is 14.6. The molecule has 0 radical (unpaired) electrons. The van der Waals surface area contributed by atoms with Crippen LogP contribution in [0, 0.1) is 0 Å². The molecule has 30 heavy (non-hydrogen) atoms. The number of benzene rings is 1. The van der Waals surface area contributed by atoms with Crippen LogP contribution < -0.4 is 16.0 Å². The Morgan fingerprint density at radius 1 is 1.10 bits per heavy atom. The van der Waals surface area contributed by atoms with E-state index in [4.69, 9.17) is 0 Å². The van der Waals surface area contributed by atoms with Crippen molar-refractivity contribution in [2.45, 2.75) is 94.4 Å². The molecule has 3 fully saturated rings. The van der Waals surface area contributed by atoms with E-state index in [1.807, 2.05) is 7.05 Å². The third kappa shape index (κ3) is 5.00. The summed E-state index contributed by atoms with van der Waals surface area (Å²) >= 11 is 0. The monoisotopic (exact) mass is 411 g/mol. The molecule has 3 N–H and O–H groups in total. The molecule has 0 amide bonds. The lowest BCUT2D eigenvalue weighted by molar-refractivity contribution is 0.0526. The van der Waals surface area contributed by atoms with E-state index in [9.17, 15) is 0 Å². The van der Waals surface area contributed by atoms with Gasteiger partial charge in [-0.05, 0) is 58.1 Å². The molecule has 4 rings (SSSR count). The third-order valence-electron chi connectivity index (χ3n) is 7.88. The third-order valence-corrected chi connectivity index (χ3v) is 7.88. The van der Waals surface area contributed by atoms with Crippen molar-refractivity contribution in [2.24, 2.45) is 4.99 Å². The van der Waals surface area contributed by atoms with Gasteiger partial charge in [0.25, 0.3) is 0 Å². The van der Waals surface area contributed by atoms with Crippen molar-refractivity contribution in [1.82, 2.24) is 20.9 Å². The number of hydrogen-bond acceptors (Lipinski definition) is 3. The molecule has 2 heterocycles. The van der Waals surface area contributed by atoms with Crippen LogP contribution in [0.3, 0.4) is 0 Å². The second kappa shape index (κ2) is 9.69. The molecule has 1 saturated carbocycles. The van der Waals surface area contributed by atoms with Crippen molar-refractivity contribution in [3.05, 3.63) is 35.9 Å². The fraction of sp³-hybridized carbons (Fsp3) is 0.720. The van der Waals surface area contributed by atoms with E-state index in [1.54, 1.807) is 0 Å². The normalized spacial score (nSPS) is 30.1. The predicted octanol–water partition coefficient (Wildman–Crippen LogP) is 3.83. The summed E-state index contributed by atoms with van der Waals surface area (Å²) in [6.07, 6.45) is 11.6. The quantitative estimate of drug-likeness (QED) is 0.492. The van der Waals surface area contributed by atoms with Gasteiger partial charge in [-0.25, -0.2) is 0 Å². The molecule has 0 aromatic heterocycles. The van der Waals surface area contributed by atoms with Gasteiger partial charge in [0.1, 0.15) is 0 Å². The van der Waals surface area contributed by atoms with Crippen LogP contribution >= 0.6 is 0 Å². The summed E-state index contributed by atoms with van der Waals surface area (Å²) in [6.45, 7) is 3.23. The summed E-state index contributed by atoms with van der Waals surface area (Å²) in [4.78, 5) is 7.20.